The Morgan fingerprint density at radius 1 is 1.54 bits per heavy atom. The Morgan fingerprint density at radius 2 is 2.23 bits per heavy atom. The van der Waals surface area contributed by atoms with Crippen molar-refractivity contribution in [2.75, 3.05) is 7.11 Å². The van der Waals surface area contributed by atoms with Crippen molar-refractivity contribution in [3.63, 3.8) is 0 Å². The lowest BCUT2D eigenvalue weighted by atomic mass is 10.3. The quantitative estimate of drug-likeness (QED) is 0.759. The second-order valence-electron chi connectivity index (χ2n) is 2.09. The zero-order valence-electron chi connectivity index (χ0n) is 6.68. The van der Waals surface area contributed by atoms with Gasteiger partial charge in [-0.2, -0.15) is 8.78 Å². The summed E-state index contributed by atoms with van der Waals surface area (Å²) < 4.78 is 32.4. The highest BCUT2D eigenvalue weighted by atomic mass is 35.5. The topological polar surface area (TPSA) is 18.5 Å². The predicted octanol–water partition coefficient (Wildman–Crippen LogP) is 2.75. The van der Waals surface area contributed by atoms with Crippen LogP contribution in [0.15, 0.2) is 12.1 Å². The number of hydrogen-bond donors (Lipinski definition) is 0. The van der Waals surface area contributed by atoms with Gasteiger partial charge in [0.15, 0.2) is 0 Å². The first-order chi connectivity index (χ1) is 6.13. The van der Waals surface area contributed by atoms with Gasteiger partial charge in [0.05, 0.1) is 12.1 Å². The van der Waals surface area contributed by atoms with E-state index in [1.807, 2.05) is 0 Å². The predicted molar refractivity (Wildman–Crippen MR) is 43.5 cm³/mol. The SMILES string of the molecule is COc1cc(OC(F)F)[c]cc1Cl. The Hall–Kier alpha value is -1.03. The van der Waals surface area contributed by atoms with Crippen molar-refractivity contribution in [3.8, 4) is 11.5 Å². The molecule has 1 rings (SSSR count). The molecule has 0 aliphatic heterocycles. The van der Waals surface area contributed by atoms with Crippen molar-refractivity contribution >= 4 is 11.6 Å². The van der Waals surface area contributed by atoms with Crippen LogP contribution in [0.25, 0.3) is 0 Å². The van der Waals surface area contributed by atoms with Crippen LogP contribution in [0.5, 0.6) is 11.5 Å². The first kappa shape index (κ1) is 10.1. The van der Waals surface area contributed by atoms with Crippen molar-refractivity contribution in [2.45, 2.75) is 6.61 Å². The molecule has 0 saturated carbocycles. The molecule has 13 heavy (non-hydrogen) atoms. The molecular formula is C8H6ClF2O2. The van der Waals surface area contributed by atoms with Gasteiger partial charge in [-0.25, -0.2) is 0 Å². The lowest BCUT2D eigenvalue weighted by Gasteiger charge is -2.06. The van der Waals surface area contributed by atoms with Crippen molar-refractivity contribution < 1.29 is 18.3 Å². The molecule has 0 aliphatic rings. The van der Waals surface area contributed by atoms with E-state index in [4.69, 9.17) is 16.3 Å². The van der Waals surface area contributed by atoms with E-state index >= 15 is 0 Å². The van der Waals surface area contributed by atoms with Gasteiger partial charge in [0, 0.05) is 12.1 Å². The number of ether oxygens (including phenoxy) is 2. The van der Waals surface area contributed by atoms with Crippen LogP contribution in [0, 0.1) is 6.07 Å². The Morgan fingerprint density at radius 3 is 2.77 bits per heavy atom. The molecule has 71 valence electrons. The standard InChI is InChI=1S/C8H6ClF2O2/c1-12-7-4-5(13-8(10)11)2-3-6(7)9/h3-4,8H,1H3. The number of alkyl halides is 2. The highest BCUT2D eigenvalue weighted by Gasteiger charge is 2.07. The largest absolute Gasteiger partial charge is 0.495 e. The summed E-state index contributed by atoms with van der Waals surface area (Å²) in [4.78, 5) is 0. The molecule has 0 atom stereocenters. The summed E-state index contributed by atoms with van der Waals surface area (Å²) in [6.45, 7) is -2.87. The Labute approximate surface area is 79.0 Å². The molecule has 5 heteroatoms. The van der Waals surface area contributed by atoms with Gasteiger partial charge in [-0.05, 0) is 6.07 Å². The lowest BCUT2D eigenvalue weighted by molar-refractivity contribution is -0.0501. The molecule has 0 amide bonds. The minimum absolute atomic E-state index is 0.101. The summed E-state index contributed by atoms with van der Waals surface area (Å²) in [7, 11) is 1.38. The van der Waals surface area contributed by atoms with Crippen LogP contribution in [0.4, 0.5) is 8.78 Å². The number of hydrogen-bond acceptors (Lipinski definition) is 2. The summed E-state index contributed by atoms with van der Waals surface area (Å²) in [5.74, 6) is 0.173. The molecule has 0 aliphatic carbocycles. The van der Waals surface area contributed by atoms with Crippen LogP contribution in [-0.4, -0.2) is 13.7 Å². The van der Waals surface area contributed by atoms with Crippen molar-refractivity contribution in [1.29, 1.82) is 0 Å². The summed E-state index contributed by atoms with van der Waals surface area (Å²) in [5, 5.41) is 0.295. The molecule has 0 bridgehead atoms. The zero-order valence-corrected chi connectivity index (χ0v) is 7.44. The van der Waals surface area contributed by atoms with Gasteiger partial charge in [0.2, 0.25) is 0 Å². The minimum atomic E-state index is -2.87. The molecule has 1 aromatic carbocycles. The fourth-order valence-corrected chi connectivity index (χ4v) is 0.942. The number of benzene rings is 1. The number of halogens is 3. The molecule has 0 spiro atoms. The fraction of sp³-hybridized carbons (Fsp3) is 0.250. The van der Waals surface area contributed by atoms with Crippen LogP contribution in [0.2, 0.25) is 5.02 Å². The van der Waals surface area contributed by atoms with E-state index in [0.717, 1.165) is 0 Å². The first-order valence-electron chi connectivity index (χ1n) is 3.33. The number of methoxy groups -OCH3 is 1. The van der Waals surface area contributed by atoms with Crippen molar-refractivity contribution in [1.82, 2.24) is 0 Å². The van der Waals surface area contributed by atoms with E-state index in [1.165, 1.54) is 19.2 Å². The highest BCUT2D eigenvalue weighted by Crippen LogP contribution is 2.28. The van der Waals surface area contributed by atoms with E-state index in [9.17, 15) is 8.78 Å². The molecule has 2 nitrogen and oxygen atoms in total. The molecular weight excluding hydrogens is 202 g/mol. The molecule has 0 heterocycles. The third kappa shape index (κ3) is 2.73. The zero-order chi connectivity index (χ0) is 9.84. The third-order valence-corrected chi connectivity index (χ3v) is 1.57. The maximum absolute atomic E-state index is 11.7. The Kier molecular flexibility index (Phi) is 3.31. The minimum Gasteiger partial charge on any atom is -0.495 e. The Bertz CT molecular complexity index is 291. The summed E-state index contributed by atoms with van der Waals surface area (Å²) in [5.41, 5.74) is 0. The van der Waals surface area contributed by atoms with Gasteiger partial charge < -0.3 is 9.47 Å². The Balaban J connectivity index is 2.86. The van der Waals surface area contributed by atoms with Crippen molar-refractivity contribution in [2.24, 2.45) is 0 Å². The smallest absolute Gasteiger partial charge is 0.387 e. The third-order valence-electron chi connectivity index (χ3n) is 1.27. The lowest BCUT2D eigenvalue weighted by Crippen LogP contribution is -2.02. The maximum Gasteiger partial charge on any atom is 0.387 e. The van der Waals surface area contributed by atoms with Gasteiger partial charge in [0.25, 0.3) is 0 Å². The molecule has 0 saturated heterocycles. The molecule has 0 aromatic heterocycles. The second kappa shape index (κ2) is 4.28. The van der Waals surface area contributed by atoms with Crippen LogP contribution in [0.1, 0.15) is 0 Å². The van der Waals surface area contributed by atoms with Gasteiger partial charge in [-0.3, -0.25) is 0 Å². The van der Waals surface area contributed by atoms with Crippen LogP contribution in [-0.2, 0) is 0 Å². The summed E-state index contributed by atoms with van der Waals surface area (Å²) in [6.07, 6.45) is 0. The highest BCUT2D eigenvalue weighted by molar-refractivity contribution is 6.32. The van der Waals surface area contributed by atoms with Gasteiger partial charge in [0.1, 0.15) is 11.5 Å². The normalized spacial score (nSPS) is 10.2. The average Bonchev–Trinajstić information content (AvgIpc) is 2.07. The van der Waals surface area contributed by atoms with E-state index in [-0.39, 0.29) is 11.5 Å². The molecule has 0 unspecified atom stereocenters. The van der Waals surface area contributed by atoms with E-state index in [1.54, 1.807) is 0 Å². The van der Waals surface area contributed by atoms with Crippen LogP contribution in [0.3, 0.4) is 0 Å². The molecule has 1 aromatic rings. The van der Waals surface area contributed by atoms with Gasteiger partial charge in [-0.1, -0.05) is 11.6 Å². The molecule has 0 N–H and O–H groups in total. The number of rotatable bonds is 3. The van der Waals surface area contributed by atoms with E-state index < -0.39 is 6.61 Å². The fourth-order valence-electron chi connectivity index (χ4n) is 0.756. The summed E-state index contributed by atoms with van der Waals surface area (Å²) in [6, 6.07) is 4.98. The van der Waals surface area contributed by atoms with Gasteiger partial charge >= 0.3 is 6.61 Å². The van der Waals surface area contributed by atoms with Crippen LogP contribution < -0.4 is 9.47 Å². The monoisotopic (exact) mass is 207 g/mol. The first-order valence-corrected chi connectivity index (χ1v) is 3.71. The van der Waals surface area contributed by atoms with E-state index in [0.29, 0.717) is 5.02 Å². The van der Waals surface area contributed by atoms with Gasteiger partial charge in [-0.15, -0.1) is 0 Å². The average molecular weight is 208 g/mol. The molecule has 0 fully saturated rings. The van der Waals surface area contributed by atoms with E-state index in [2.05, 4.69) is 10.8 Å². The van der Waals surface area contributed by atoms with Crippen molar-refractivity contribution in [3.05, 3.63) is 23.2 Å². The maximum atomic E-state index is 11.7. The van der Waals surface area contributed by atoms with Crippen LogP contribution >= 0.6 is 11.6 Å². The molecule has 1 radical (unpaired) electrons. The second-order valence-corrected chi connectivity index (χ2v) is 2.50. The summed E-state index contributed by atoms with van der Waals surface area (Å²) >= 11 is 5.63.